The molecule has 32 heavy (non-hydrogen) atoms. The van der Waals surface area contributed by atoms with Gasteiger partial charge in [-0.1, -0.05) is 16.6 Å². The maximum Gasteiger partial charge on any atom is 0.355 e. The molecule has 0 amide bonds. The second-order valence-electron chi connectivity index (χ2n) is 8.44. The topological polar surface area (TPSA) is 40.4 Å². The molecule has 0 spiro atoms. The first-order valence-corrected chi connectivity index (χ1v) is 14.5. The Morgan fingerprint density at radius 3 is 1.44 bits per heavy atom. The van der Waals surface area contributed by atoms with E-state index < -0.39 is 15.7 Å². The van der Waals surface area contributed by atoms with Gasteiger partial charge in [-0.3, -0.25) is 0 Å². The molecule has 1 aromatic heterocycles. The van der Waals surface area contributed by atoms with Gasteiger partial charge in [0.2, 0.25) is 0 Å². The van der Waals surface area contributed by atoms with Gasteiger partial charge in [-0.05, 0) is 55.9 Å². The summed E-state index contributed by atoms with van der Waals surface area (Å²) >= 11 is 0. The zero-order chi connectivity index (χ0) is 23.1. The van der Waals surface area contributed by atoms with Crippen LogP contribution in [0.4, 0.5) is 25.2 Å². The summed E-state index contributed by atoms with van der Waals surface area (Å²) in [6.45, 7) is 7.22. The van der Waals surface area contributed by atoms with Crippen molar-refractivity contribution in [2.45, 2.75) is 38.5 Å². The Labute approximate surface area is 183 Å². The molecule has 6 nitrogen and oxygen atoms in total. The van der Waals surface area contributed by atoms with Gasteiger partial charge in [-0.2, -0.15) is 0 Å². The number of fused-ring (bicyclic) bond motifs is 1. The fourth-order valence-corrected chi connectivity index (χ4v) is 9.71. The molecular weight excluding hydrogens is 476 g/mol. The van der Waals surface area contributed by atoms with Crippen molar-refractivity contribution in [2.24, 2.45) is 0 Å². The van der Waals surface area contributed by atoms with Crippen LogP contribution in [0.5, 0.6) is 0 Å². The average molecular weight is 504 g/mol. The van der Waals surface area contributed by atoms with Gasteiger partial charge in [-0.15, -0.1) is 19.1 Å². The summed E-state index contributed by atoms with van der Waals surface area (Å²) in [5.41, 5.74) is 2.24. The Morgan fingerprint density at radius 1 is 0.656 bits per heavy atom. The van der Waals surface area contributed by atoms with E-state index in [2.05, 4.69) is 47.8 Å². The summed E-state index contributed by atoms with van der Waals surface area (Å²) in [5, 5.41) is 9.35. The van der Waals surface area contributed by atoms with Gasteiger partial charge < -0.3 is 0 Å². The quantitative estimate of drug-likeness (QED) is 0.346. The van der Waals surface area contributed by atoms with Crippen LogP contribution < -0.4 is 0 Å². The van der Waals surface area contributed by atoms with Crippen LogP contribution in [0.2, 0.25) is 0 Å². The van der Waals surface area contributed by atoms with Gasteiger partial charge in [0, 0.05) is 39.3 Å². The second-order valence-corrected chi connectivity index (χ2v) is 13.5. The number of para-hydroxylation sites is 1. The van der Waals surface area contributed by atoms with Crippen LogP contribution in [0.15, 0.2) is 24.3 Å². The molecule has 0 atom stereocenters. The maximum absolute atomic E-state index is 10.7. The zero-order valence-corrected chi connectivity index (χ0v) is 19.4. The Hall–Kier alpha value is -1.06. The van der Waals surface area contributed by atoms with Gasteiger partial charge in [0.25, 0.3) is 0 Å². The van der Waals surface area contributed by atoms with Crippen molar-refractivity contribution >= 4 is 26.7 Å². The first kappa shape index (κ1) is 24.1. The summed E-state index contributed by atoms with van der Waals surface area (Å²) in [7, 11) is -12.5. The largest absolute Gasteiger partial charge is 0.355 e. The molecule has 14 heteroatoms. The molecule has 2 aromatic rings. The normalized spacial score (nSPS) is 23.8. The number of rotatable bonds is 4. The first-order chi connectivity index (χ1) is 14.9. The molecule has 0 N–H and O–H groups in total. The Morgan fingerprint density at radius 2 is 1.03 bits per heavy atom. The molecule has 0 unspecified atom stereocenters. The third-order valence-electron chi connectivity index (χ3n) is 5.97. The Kier molecular flexibility index (Phi) is 6.03. The van der Waals surface area contributed by atoms with E-state index in [-0.39, 0.29) is 0 Å². The molecule has 0 aliphatic carbocycles. The zero-order valence-electron chi connectivity index (χ0n) is 17.6. The van der Waals surface area contributed by atoms with Crippen molar-refractivity contribution in [1.82, 2.24) is 28.8 Å². The maximum atomic E-state index is 9.87. The van der Waals surface area contributed by atoms with Gasteiger partial charge in [0.15, 0.2) is 0 Å². The fraction of sp³-hybridized carbons (Fsp3) is 0.667. The van der Waals surface area contributed by atoms with E-state index in [0.717, 1.165) is 5.52 Å². The predicted molar refractivity (Wildman–Crippen MR) is 116 cm³/mol. The van der Waals surface area contributed by atoms with E-state index >= 15 is 0 Å². The molecule has 3 fully saturated rings. The number of hydrogen-bond acceptors (Lipinski definition) is 5. The number of nitrogens with zero attached hydrogens (tertiary/aromatic N) is 6. The molecule has 3 aliphatic rings. The molecule has 182 valence electrons. The molecule has 3 aliphatic heterocycles. The van der Waals surface area contributed by atoms with Crippen molar-refractivity contribution in [3.63, 3.8) is 0 Å². The van der Waals surface area contributed by atoms with Gasteiger partial charge in [-0.25, -0.2) is 0 Å². The summed E-state index contributed by atoms with van der Waals surface area (Å²) in [6, 6.07) is 8.52. The van der Waals surface area contributed by atoms with Gasteiger partial charge >= 0.3 is 40.9 Å². The van der Waals surface area contributed by atoms with Crippen molar-refractivity contribution < 1.29 is 25.2 Å². The van der Waals surface area contributed by atoms with Crippen LogP contribution in [-0.4, -0.2) is 68.0 Å². The van der Waals surface area contributed by atoms with E-state index in [1.165, 1.54) is 83.3 Å². The summed E-state index contributed by atoms with van der Waals surface area (Å²) in [4.78, 5) is 0. The fourth-order valence-electron chi connectivity index (χ4n) is 4.86. The predicted octanol–water partition coefficient (Wildman–Crippen LogP) is 6.63. The van der Waals surface area contributed by atoms with Crippen LogP contribution in [0.1, 0.15) is 38.5 Å². The standard InChI is InChI=1S/C18H28N6P.F6P/c1-2-10-18-17(9-1)19-20-24(18)25(21-11-3-4-12-21,22-13-5-6-14-22)23-15-7-8-16-23;1-7(2,3,4,5)6/h1-2,9-10H,3-8,11-16H2;/q+1;-1. The molecule has 4 heterocycles. The van der Waals surface area contributed by atoms with Crippen molar-refractivity contribution in [3.8, 4) is 0 Å². The third-order valence-corrected chi connectivity index (χ3v) is 10.3. The van der Waals surface area contributed by atoms with Crippen molar-refractivity contribution in [3.05, 3.63) is 24.3 Å². The smallest absolute Gasteiger partial charge is 0.127 e. The minimum atomic E-state index is -10.7. The van der Waals surface area contributed by atoms with E-state index in [1.807, 2.05) is 0 Å². The molecule has 5 rings (SSSR count). The van der Waals surface area contributed by atoms with E-state index in [1.54, 1.807) is 0 Å². The number of benzene rings is 1. The molecular formula is C18H28F6N6P2. The molecule has 0 radical (unpaired) electrons. The molecule has 1 aromatic carbocycles. The minimum Gasteiger partial charge on any atom is -0.127 e. The van der Waals surface area contributed by atoms with Crippen LogP contribution in [-0.2, 0) is 0 Å². The molecule has 0 saturated carbocycles. The van der Waals surface area contributed by atoms with E-state index in [0.29, 0.717) is 0 Å². The molecule has 3 saturated heterocycles. The van der Waals surface area contributed by atoms with Crippen LogP contribution in [0.25, 0.3) is 11.0 Å². The van der Waals surface area contributed by atoms with E-state index in [9.17, 15) is 25.2 Å². The van der Waals surface area contributed by atoms with Crippen molar-refractivity contribution in [1.29, 1.82) is 0 Å². The Bertz CT molecular complexity index is 882. The van der Waals surface area contributed by atoms with Crippen molar-refractivity contribution in [2.75, 3.05) is 39.3 Å². The number of aromatic nitrogens is 3. The summed E-state index contributed by atoms with van der Waals surface area (Å²) < 4.78 is 69.9. The minimum absolute atomic E-state index is 1.03. The summed E-state index contributed by atoms with van der Waals surface area (Å²) in [6.07, 6.45) is 7.89. The Balaban J connectivity index is 0.000000307. The first-order valence-electron chi connectivity index (χ1n) is 10.9. The SMILES string of the molecule is F[P-](F)(F)(F)(F)F.c1ccc2c(c1)nnn2[P+](N1CCCC1)(N1CCCC1)N1CCCC1. The van der Waals surface area contributed by atoms with Gasteiger partial charge in [0.05, 0.1) is 0 Å². The van der Waals surface area contributed by atoms with Crippen LogP contribution in [0, 0.1) is 0 Å². The molecule has 0 bridgehead atoms. The van der Waals surface area contributed by atoms with Crippen LogP contribution >= 0.6 is 15.7 Å². The third kappa shape index (κ3) is 5.53. The van der Waals surface area contributed by atoms with Crippen LogP contribution in [0.3, 0.4) is 0 Å². The second kappa shape index (κ2) is 8.01. The number of halogens is 6. The van der Waals surface area contributed by atoms with Gasteiger partial charge in [0.1, 0.15) is 11.0 Å². The number of hydrogen-bond donors (Lipinski definition) is 0. The van der Waals surface area contributed by atoms with E-state index in [4.69, 9.17) is 5.21 Å². The average Bonchev–Trinajstić information content (AvgIpc) is 3.48. The summed E-state index contributed by atoms with van der Waals surface area (Å²) in [5.74, 6) is 0. The monoisotopic (exact) mass is 504 g/mol.